The highest BCUT2D eigenvalue weighted by Crippen LogP contribution is 2.14. The first-order valence-electron chi connectivity index (χ1n) is 1.55. The molecule has 1 rings (SSSR count). The molecule has 1 aliphatic carbocycles. The Hall–Kier alpha value is -0.260. The molecule has 22 valence electrons. The Labute approximate surface area is 26.1 Å². The molecule has 0 amide bonds. The third-order valence-electron chi connectivity index (χ3n) is 0.612. The van der Waals surface area contributed by atoms with E-state index in [0.717, 1.165) is 0 Å². The van der Waals surface area contributed by atoms with Crippen molar-refractivity contribution in [2.24, 2.45) is 0 Å². The summed E-state index contributed by atoms with van der Waals surface area (Å²) >= 11 is 0. The van der Waals surface area contributed by atoms with Crippen molar-refractivity contribution < 1.29 is 0 Å². The summed E-state index contributed by atoms with van der Waals surface area (Å²) in [6.07, 6.45) is 3.49. The van der Waals surface area contributed by atoms with Crippen LogP contribution < -0.4 is 0 Å². The van der Waals surface area contributed by atoms with Gasteiger partial charge in [0.1, 0.15) is 0 Å². The van der Waals surface area contributed by atoms with E-state index in [2.05, 4.69) is 13.0 Å². The van der Waals surface area contributed by atoms with Crippen LogP contribution in [0.15, 0.2) is 11.6 Å². The summed E-state index contributed by atoms with van der Waals surface area (Å²) in [6.45, 7) is 2.14. The highest BCUT2D eigenvalue weighted by atomic mass is 14.0. The second-order valence-electron chi connectivity index (χ2n) is 1.25. The largest absolute Gasteiger partial charge is 0.0812 e. The quantitative estimate of drug-likeness (QED) is 0.366. The van der Waals surface area contributed by atoms with Crippen LogP contribution in [0.3, 0.4) is 0 Å². The second-order valence-corrected chi connectivity index (χ2v) is 1.25. The van der Waals surface area contributed by atoms with Gasteiger partial charge in [-0.1, -0.05) is 11.6 Å². The zero-order chi connectivity index (χ0) is 2.99. The predicted molar refractivity (Wildman–Crippen MR) is 18.4 cm³/mol. The fourth-order valence-corrected chi connectivity index (χ4v) is 0.102. The van der Waals surface area contributed by atoms with Crippen LogP contribution in [-0.2, 0) is 0 Å². The molecule has 0 spiro atoms. The van der Waals surface area contributed by atoms with Crippen LogP contribution in [-0.4, -0.2) is 0 Å². The molecule has 0 atom stereocenters. The molecule has 0 heterocycles. The lowest BCUT2D eigenvalue weighted by Gasteiger charge is -1.47. The molecule has 0 bridgehead atoms. The number of hydrogen-bond donors (Lipinski definition) is 0. The van der Waals surface area contributed by atoms with Crippen LogP contribution in [0, 0.1) is 0 Å². The molecule has 0 saturated heterocycles. The molecule has 0 radical (unpaired) electrons. The summed E-state index contributed by atoms with van der Waals surface area (Å²) < 4.78 is 0. The molecule has 0 aromatic rings. The van der Waals surface area contributed by atoms with Gasteiger partial charge in [0.2, 0.25) is 0 Å². The molecule has 0 aliphatic heterocycles. The number of rotatable bonds is 0. The fourth-order valence-electron chi connectivity index (χ4n) is 0.102. The van der Waals surface area contributed by atoms with Gasteiger partial charge in [-0.3, -0.25) is 0 Å². The molecule has 0 N–H and O–H groups in total. The summed E-state index contributed by atoms with van der Waals surface area (Å²) in [5, 5.41) is 0. The van der Waals surface area contributed by atoms with Crippen molar-refractivity contribution in [1.82, 2.24) is 0 Å². The zero-order valence-corrected chi connectivity index (χ0v) is 2.78. The average molecular weight is 54.1 g/mol. The Morgan fingerprint density at radius 3 is 2.25 bits per heavy atom. The van der Waals surface area contributed by atoms with E-state index in [0.29, 0.717) is 0 Å². The van der Waals surface area contributed by atoms with E-state index in [1.54, 1.807) is 5.57 Å². The van der Waals surface area contributed by atoms with Crippen molar-refractivity contribution in [3.05, 3.63) is 11.6 Å². The van der Waals surface area contributed by atoms with Gasteiger partial charge in [0.15, 0.2) is 0 Å². The van der Waals surface area contributed by atoms with Gasteiger partial charge in [0.05, 0.1) is 0 Å². The van der Waals surface area contributed by atoms with Gasteiger partial charge in [-0.2, -0.15) is 0 Å². The van der Waals surface area contributed by atoms with Crippen LogP contribution in [0.5, 0.6) is 0 Å². The maximum Gasteiger partial charge on any atom is -0.0139 e. The Kier molecular flexibility index (Phi) is 0.185. The minimum atomic E-state index is 1.28. The Balaban J connectivity index is 2.54. The van der Waals surface area contributed by atoms with Crippen molar-refractivity contribution >= 4 is 0 Å². The third-order valence-corrected chi connectivity index (χ3v) is 0.612. The van der Waals surface area contributed by atoms with Crippen LogP contribution in [0.25, 0.3) is 0 Å². The summed E-state index contributed by atoms with van der Waals surface area (Å²) in [4.78, 5) is 0. The van der Waals surface area contributed by atoms with Gasteiger partial charge in [0, 0.05) is 0 Å². The molecule has 0 heteroatoms. The fraction of sp³-hybridized carbons (Fsp3) is 0.500. The van der Waals surface area contributed by atoms with E-state index >= 15 is 0 Å². The minimum Gasteiger partial charge on any atom is -0.0812 e. The number of hydrogen-bond acceptors (Lipinski definition) is 0. The van der Waals surface area contributed by atoms with Crippen LogP contribution in [0.4, 0.5) is 0 Å². The minimum absolute atomic E-state index is 1.28. The molecular weight excluding hydrogens is 48.0 g/mol. The maximum absolute atomic E-state index is 2.21. The normalized spacial score (nSPS) is 19.8. The van der Waals surface area contributed by atoms with E-state index < -0.39 is 0 Å². The summed E-state index contributed by atoms with van der Waals surface area (Å²) in [5.41, 5.74) is 1.54. The SMILES string of the molecule is CC1=CC1. The highest BCUT2D eigenvalue weighted by molar-refractivity contribution is 5.17. The average Bonchev–Trinajstić information content (AvgIpc) is 1.75. The first-order chi connectivity index (χ1) is 1.89. The van der Waals surface area contributed by atoms with Gasteiger partial charge < -0.3 is 0 Å². The monoisotopic (exact) mass is 54.0 g/mol. The van der Waals surface area contributed by atoms with Gasteiger partial charge in [0.25, 0.3) is 0 Å². The standard InChI is InChI=1S/C4H6/c1-4-2-3-4/h2H,3H2,1H3. The molecule has 0 aromatic carbocycles. The lowest BCUT2D eigenvalue weighted by Crippen LogP contribution is -1.26. The van der Waals surface area contributed by atoms with Crippen molar-refractivity contribution in [3.8, 4) is 0 Å². The Morgan fingerprint density at radius 2 is 2.25 bits per heavy atom. The molecular formula is C4H6. The van der Waals surface area contributed by atoms with E-state index in [-0.39, 0.29) is 0 Å². The van der Waals surface area contributed by atoms with Crippen LogP contribution >= 0.6 is 0 Å². The van der Waals surface area contributed by atoms with Crippen molar-refractivity contribution in [2.75, 3.05) is 0 Å². The van der Waals surface area contributed by atoms with E-state index in [4.69, 9.17) is 0 Å². The van der Waals surface area contributed by atoms with E-state index in [1.165, 1.54) is 6.42 Å². The van der Waals surface area contributed by atoms with Gasteiger partial charge in [-0.05, 0) is 13.3 Å². The summed E-state index contributed by atoms with van der Waals surface area (Å²) in [5.74, 6) is 0. The Bertz CT molecular complexity index is 51.1. The lowest BCUT2D eigenvalue weighted by molar-refractivity contribution is 1.48. The second kappa shape index (κ2) is 0.369. The molecule has 0 fully saturated rings. The summed E-state index contributed by atoms with van der Waals surface area (Å²) in [6, 6.07) is 0. The van der Waals surface area contributed by atoms with E-state index in [1.807, 2.05) is 0 Å². The molecule has 4 heavy (non-hydrogen) atoms. The first-order valence-corrected chi connectivity index (χ1v) is 1.55. The first kappa shape index (κ1) is 2.01. The van der Waals surface area contributed by atoms with Crippen LogP contribution in [0.1, 0.15) is 13.3 Å². The molecule has 0 aromatic heterocycles. The maximum atomic E-state index is 2.21. The number of allylic oxidation sites excluding steroid dienone is 2. The van der Waals surface area contributed by atoms with Crippen molar-refractivity contribution in [1.29, 1.82) is 0 Å². The molecule has 0 unspecified atom stereocenters. The zero-order valence-electron chi connectivity index (χ0n) is 2.78. The van der Waals surface area contributed by atoms with Gasteiger partial charge in [-0.15, -0.1) is 0 Å². The Morgan fingerprint density at radius 1 is 2.00 bits per heavy atom. The predicted octanol–water partition coefficient (Wildman–Crippen LogP) is 1.34. The smallest absolute Gasteiger partial charge is 0.0139 e. The lowest BCUT2D eigenvalue weighted by atomic mass is 10.6. The van der Waals surface area contributed by atoms with Crippen molar-refractivity contribution in [2.45, 2.75) is 13.3 Å². The highest BCUT2D eigenvalue weighted by Gasteiger charge is 1.94. The van der Waals surface area contributed by atoms with Gasteiger partial charge >= 0.3 is 0 Å². The van der Waals surface area contributed by atoms with Gasteiger partial charge in [-0.25, -0.2) is 0 Å². The molecule has 1 aliphatic rings. The molecule has 0 saturated carbocycles. The summed E-state index contributed by atoms with van der Waals surface area (Å²) in [7, 11) is 0. The molecule has 0 nitrogen and oxygen atoms in total. The van der Waals surface area contributed by atoms with Crippen LogP contribution in [0.2, 0.25) is 0 Å². The third kappa shape index (κ3) is 0.127. The topological polar surface area (TPSA) is 0 Å². The van der Waals surface area contributed by atoms with Crippen molar-refractivity contribution in [3.63, 3.8) is 0 Å². The van der Waals surface area contributed by atoms with E-state index in [9.17, 15) is 0 Å².